The first-order chi connectivity index (χ1) is 13.2. The van der Waals surface area contributed by atoms with E-state index in [2.05, 4.69) is 15.3 Å². The fourth-order valence-electron chi connectivity index (χ4n) is 2.23. The third-order valence-electron chi connectivity index (χ3n) is 3.54. The van der Waals surface area contributed by atoms with Crippen molar-refractivity contribution in [2.24, 2.45) is 0 Å². The minimum absolute atomic E-state index is 0.0122. The Kier molecular flexibility index (Phi) is 5.45. The third kappa shape index (κ3) is 4.55. The summed E-state index contributed by atoms with van der Waals surface area (Å²) >= 11 is 1.00. The highest BCUT2D eigenvalue weighted by molar-refractivity contribution is 7.98. The molecule has 0 unspecified atom stereocenters. The number of carbonyl (C=O) groups is 1. The van der Waals surface area contributed by atoms with Crippen LogP contribution in [-0.4, -0.2) is 15.9 Å². The highest BCUT2D eigenvalue weighted by Gasteiger charge is 2.30. The quantitative estimate of drug-likeness (QED) is 0.438. The summed E-state index contributed by atoms with van der Waals surface area (Å²) in [5, 5.41) is 2.42. The number of H-pyrrole nitrogens is 1. The van der Waals surface area contributed by atoms with E-state index in [9.17, 15) is 22.8 Å². The van der Waals surface area contributed by atoms with Gasteiger partial charge in [0, 0.05) is 5.75 Å². The normalized spacial score (nSPS) is 11.4. The number of nitrogen functional groups attached to an aromatic ring is 1. The van der Waals surface area contributed by atoms with Gasteiger partial charge >= 0.3 is 6.18 Å². The Bertz CT molecular complexity index is 1050. The zero-order valence-corrected chi connectivity index (χ0v) is 14.9. The summed E-state index contributed by atoms with van der Waals surface area (Å²) in [7, 11) is 0. The minimum Gasteiger partial charge on any atom is -0.459 e. The topological polar surface area (TPSA) is 114 Å². The molecular formula is C17H13F3N4O3S. The molecule has 2 aromatic heterocycles. The number of hydrogen-bond acceptors (Lipinski definition) is 6. The SMILES string of the molecule is Nc1nc(SCc2cccc(C(F)(F)F)c2)[nH]c(=O)c1NC(=O)c1ccco1. The number of furan rings is 1. The lowest BCUT2D eigenvalue weighted by Crippen LogP contribution is -2.22. The monoisotopic (exact) mass is 410 g/mol. The van der Waals surface area contributed by atoms with Gasteiger partial charge in [0.15, 0.2) is 22.4 Å². The van der Waals surface area contributed by atoms with Crippen LogP contribution in [0.3, 0.4) is 0 Å². The number of benzene rings is 1. The maximum Gasteiger partial charge on any atom is 0.416 e. The molecular weight excluding hydrogens is 397 g/mol. The molecule has 0 saturated heterocycles. The lowest BCUT2D eigenvalue weighted by Gasteiger charge is -2.09. The lowest BCUT2D eigenvalue weighted by molar-refractivity contribution is -0.137. The summed E-state index contributed by atoms with van der Waals surface area (Å²) in [5.41, 5.74) is 4.43. The van der Waals surface area contributed by atoms with Crippen molar-refractivity contribution in [2.75, 3.05) is 11.1 Å². The first-order valence-corrected chi connectivity index (χ1v) is 8.76. The average molecular weight is 410 g/mol. The van der Waals surface area contributed by atoms with Crippen LogP contribution in [0.5, 0.6) is 0 Å². The average Bonchev–Trinajstić information content (AvgIpc) is 3.17. The maximum absolute atomic E-state index is 12.8. The molecule has 28 heavy (non-hydrogen) atoms. The number of anilines is 2. The summed E-state index contributed by atoms with van der Waals surface area (Å²) in [5.74, 6) is -0.782. The number of carbonyl (C=O) groups excluding carboxylic acids is 1. The van der Waals surface area contributed by atoms with Gasteiger partial charge in [-0.25, -0.2) is 4.98 Å². The van der Waals surface area contributed by atoms with Crippen LogP contribution < -0.4 is 16.6 Å². The van der Waals surface area contributed by atoms with Crippen molar-refractivity contribution >= 4 is 29.2 Å². The highest BCUT2D eigenvalue weighted by Crippen LogP contribution is 2.31. The Morgan fingerprint density at radius 3 is 2.71 bits per heavy atom. The summed E-state index contributed by atoms with van der Waals surface area (Å²) in [6, 6.07) is 7.74. The van der Waals surface area contributed by atoms with Crippen LogP contribution >= 0.6 is 11.8 Å². The van der Waals surface area contributed by atoms with Gasteiger partial charge in [0.05, 0.1) is 11.8 Å². The molecule has 11 heteroatoms. The first kappa shape index (κ1) is 19.5. The smallest absolute Gasteiger partial charge is 0.416 e. The van der Waals surface area contributed by atoms with Gasteiger partial charge in [-0.15, -0.1) is 0 Å². The third-order valence-corrected chi connectivity index (χ3v) is 4.48. The van der Waals surface area contributed by atoms with E-state index in [0.717, 1.165) is 23.9 Å². The van der Waals surface area contributed by atoms with Crippen LogP contribution in [0.15, 0.2) is 57.0 Å². The molecule has 0 radical (unpaired) electrons. The number of nitrogens with two attached hydrogens (primary N) is 1. The van der Waals surface area contributed by atoms with Crippen molar-refractivity contribution in [3.63, 3.8) is 0 Å². The predicted molar refractivity (Wildman–Crippen MR) is 96.9 cm³/mol. The largest absolute Gasteiger partial charge is 0.459 e. The Balaban J connectivity index is 1.73. The number of thioether (sulfide) groups is 1. The predicted octanol–water partition coefficient (Wildman–Crippen LogP) is 3.51. The van der Waals surface area contributed by atoms with Crippen molar-refractivity contribution in [3.8, 4) is 0 Å². The highest BCUT2D eigenvalue weighted by atomic mass is 32.2. The second-order valence-electron chi connectivity index (χ2n) is 5.55. The standard InChI is InChI=1S/C17H13F3N4O3S/c18-17(19,20)10-4-1-3-9(7-10)8-28-16-23-13(21)12(15(26)24-16)22-14(25)11-5-2-6-27-11/h1-7H,8H2,(H,22,25)(H3,21,23,24,26). The molecule has 0 spiro atoms. The fraction of sp³-hybridized carbons (Fsp3) is 0.118. The number of aromatic nitrogens is 2. The molecule has 3 aromatic rings. The zero-order chi connectivity index (χ0) is 20.3. The molecule has 0 aliphatic carbocycles. The number of rotatable bonds is 5. The van der Waals surface area contributed by atoms with Crippen molar-refractivity contribution in [1.29, 1.82) is 0 Å². The van der Waals surface area contributed by atoms with Gasteiger partial charge in [-0.05, 0) is 23.8 Å². The minimum atomic E-state index is -4.44. The van der Waals surface area contributed by atoms with Crippen LogP contribution in [0.1, 0.15) is 21.7 Å². The van der Waals surface area contributed by atoms with Crippen molar-refractivity contribution in [3.05, 3.63) is 69.9 Å². The van der Waals surface area contributed by atoms with Gasteiger partial charge in [0.2, 0.25) is 0 Å². The number of nitrogens with one attached hydrogen (secondary N) is 2. The number of halogens is 3. The molecule has 1 aromatic carbocycles. The van der Waals surface area contributed by atoms with Gasteiger partial charge in [-0.1, -0.05) is 30.0 Å². The van der Waals surface area contributed by atoms with E-state index in [1.807, 2.05) is 0 Å². The molecule has 1 amide bonds. The van der Waals surface area contributed by atoms with Gasteiger partial charge in [-0.3, -0.25) is 14.6 Å². The Morgan fingerprint density at radius 2 is 2.07 bits per heavy atom. The van der Waals surface area contributed by atoms with E-state index in [0.29, 0.717) is 5.56 Å². The number of hydrogen-bond donors (Lipinski definition) is 3. The van der Waals surface area contributed by atoms with E-state index in [4.69, 9.17) is 10.2 Å². The molecule has 3 rings (SSSR count). The summed E-state index contributed by atoms with van der Waals surface area (Å²) in [4.78, 5) is 30.5. The van der Waals surface area contributed by atoms with Gasteiger partial charge in [0.25, 0.3) is 11.5 Å². The summed E-state index contributed by atoms with van der Waals surface area (Å²) < 4.78 is 43.2. The van der Waals surface area contributed by atoms with Crippen molar-refractivity contribution in [2.45, 2.75) is 17.1 Å². The Morgan fingerprint density at radius 1 is 1.29 bits per heavy atom. The van der Waals surface area contributed by atoms with Crippen LogP contribution in [0.2, 0.25) is 0 Å². The van der Waals surface area contributed by atoms with E-state index in [-0.39, 0.29) is 28.2 Å². The van der Waals surface area contributed by atoms with E-state index in [1.165, 1.54) is 30.5 Å². The fourth-order valence-corrected chi connectivity index (χ4v) is 3.04. The van der Waals surface area contributed by atoms with Crippen LogP contribution in [0.4, 0.5) is 24.7 Å². The van der Waals surface area contributed by atoms with Crippen LogP contribution in [0, 0.1) is 0 Å². The van der Waals surface area contributed by atoms with Crippen LogP contribution in [-0.2, 0) is 11.9 Å². The van der Waals surface area contributed by atoms with Crippen molar-refractivity contribution < 1.29 is 22.4 Å². The number of amides is 1. The number of alkyl halides is 3. The molecule has 0 atom stereocenters. The second-order valence-corrected chi connectivity index (χ2v) is 6.51. The molecule has 0 aliphatic rings. The van der Waals surface area contributed by atoms with Gasteiger partial charge in [-0.2, -0.15) is 13.2 Å². The maximum atomic E-state index is 12.8. The summed E-state index contributed by atoms with van der Waals surface area (Å²) in [6.07, 6.45) is -3.14. The molecule has 0 fully saturated rings. The summed E-state index contributed by atoms with van der Waals surface area (Å²) in [6.45, 7) is 0. The van der Waals surface area contributed by atoms with E-state index in [1.54, 1.807) is 0 Å². The number of aromatic amines is 1. The van der Waals surface area contributed by atoms with E-state index < -0.39 is 23.2 Å². The zero-order valence-electron chi connectivity index (χ0n) is 14.0. The molecule has 0 aliphatic heterocycles. The van der Waals surface area contributed by atoms with E-state index >= 15 is 0 Å². The van der Waals surface area contributed by atoms with Crippen LogP contribution in [0.25, 0.3) is 0 Å². The van der Waals surface area contributed by atoms with Gasteiger partial charge in [0.1, 0.15) is 0 Å². The molecule has 0 bridgehead atoms. The van der Waals surface area contributed by atoms with Crippen molar-refractivity contribution in [1.82, 2.24) is 9.97 Å². The molecule has 146 valence electrons. The molecule has 7 nitrogen and oxygen atoms in total. The Labute approximate surface area is 160 Å². The van der Waals surface area contributed by atoms with Gasteiger partial charge < -0.3 is 15.5 Å². The second kappa shape index (κ2) is 7.80. The first-order valence-electron chi connectivity index (χ1n) is 7.77. The molecule has 2 heterocycles. The molecule has 4 N–H and O–H groups in total. The number of nitrogens with zero attached hydrogens (tertiary/aromatic N) is 1. The molecule has 0 saturated carbocycles. The Hall–Kier alpha value is -3.21. The lowest BCUT2D eigenvalue weighted by atomic mass is 10.1.